The Balaban J connectivity index is 0.666. The van der Waals surface area contributed by atoms with Gasteiger partial charge in [0, 0.05) is 50.4 Å². The summed E-state index contributed by atoms with van der Waals surface area (Å²) in [6.45, 7) is 4.81. The van der Waals surface area contributed by atoms with Crippen LogP contribution in [-0.2, 0) is 29.1 Å². The molecule has 0 N–H and O–H groups in total. The van der Waals surface area contributed by atoms with Crippen LogP contribution in [0.3, 0.4) is 0 Å². The summed E-state index contributed by atoms with van der Waals surface area (Å²) in [4.78, 5) is 4.80. The lowest BCUT2D eigenvalue weighted by molar-refractivity contribution is 0.626. The second kappa shape index (κ2) is 19.9. The van der Waals surface area contributed by atoms with Gasteiger partial charge < -0.3 is 9.80 Å². The van der Waals surface area contributed by atoms with E-state index in [0.717, 1.165) is 48.4 Å². The van der Waals surface area contributed by atoms with Crippen LogP contribution in [0.25, 0.3) is 57.7 Å². The molecule has 17 rings (SSSR count). The van der Waals surface area contributed by atoms with Crippen molar-refractivity contribution in [3.63, 3.8) is 0 Å². The monoisotopic (exact) mass is 1110 g/mol. The third kappa shape index (κ3) is 7.94. The van der Waals surface area contributed by atoms with Gasteiger partial charge in [-0.3, -0.25) is 0 Å². The van der Waals surface area contributed by atoms with Gasteiger partial charge in [0.15, 0.2) is 0 Å². The van der Waals surface area contributed by atoms with Gasteiger partial charge in [0.1, 0.15) is 0 Å². The van der Waals surface area contributed by atoms with E-state index in [9.17, 15) is 0 Å². The van der Waals surface area contributed by atoms with Crippen LogP contribution < -0.4 is 9.80 Å². The van der Waals surface area contributed by atoms with Crippen molar-refractivity contribution in [2.45, 2.75) is 55.8 Å². The lowest BCUT2D eigenvalue weighted by Gasteiger charge is -2.31. The summed E-state index contributed by atoms with van der Waals surface area (Å²) in [6.07, 6.45) is 13.5. The van der Waals surface area contributed by atoms with Crippen molar-refractivity contribution in [3.8, 4) is 33.4 Å². The number of rotatable bonds is 10. The number of anilines is 6. The van der Waals surface area contributed by atoms with Crippen molar-refractivity contribution in [2.75, 3.05) is 9.80 Å². The number of nitrogens with zero attached hydrogens (tertiary/aromatic N) is 2. The van der Waals surface area contributed by atoms with E-state index in [1.807, 2.05) is 0 Å². The van der Waals surface area contributed by atoms with Crippen molar-refractivity contribution in [1.82, 2.24) is 0 Å². The largest absolute Gasteiger partial charge is 0.310 e. The molecule has 5 aliphatic rings. The van der Waals surface area contributed by atoms with Crippen molar-refractivity contribution in [2.24, 2.45) is 0 Å². The van der Waals surface area contributed by atoms with E-state index in [1.54, 1.807) is 0 Å². The highest BCUT2D eigenvalue weighted by atomic mass is 15.1. The molecule has 12 aromatic carbocycles. The minimum absolute atomic E-state index is 0.174. The minimum Gasteiger partial charge on any atom is -0.310 e. The zero-order valence-corrected chi connectivity index (χ0v) is 49.1. The lowest BCUT2D eigenvalue weighted by Crippen LogP contribution is -2.24. The molecule has 2 unspecified atom stereocenters. The highest BCUT2D eigenvalue weighted by molar-refractivity contribution is 5.92. The highest BCUT2D eigenvalue weighted by Gasteiger charge is 2.50. The number of hydrogen-bond donors (Lipinski definition) is 0. The van der Waals surface area contributed by atoms with Gasteiger partial charge in [-0.15, -0.1) is 0 Å². The molecule has 414 valence electrons. The normalized spacial score (nSPS) is 17.4. The van der Waals surface area contributed by atoms with Gasteiger partial charge in [0.2, 0.25) is 0 Å². The van der Waals surface area contributed by atoms with Crippen LogP contribution in [0.4, 0.5) is 34.1 Å². The molecule has 0 bridgehead atoms. The van der Waals surface area contributed by atoms with E-state index in [0.29, 0.717) is 0 Å². The summed E-state index contributed by atoms with van der Waals surface area (Å²) < 4.78 is 0. The molecule has 0 heterocycles. The van der Waals surface area contributed by atoms with Crippen LogP contribution >= 0.6 is 0 Å². The first-order chi connectivity index (χ1) is 42.8. The molecule has 0 radical (unpaired) electrons. The number of aryl methyl sites for hydroxylation is 2. The summed E-state index contributed by atoms with van der Waals surface area (Å²) in [5.41, 5.74) is 33.4. The third-order valence-corrected chi connectivity index (χ3v) is 20.2. The molecular weight excluding hydrogens is 1050 g/mol. The zero-order chi connectivity index (χ0) is 57.8. The molecule has 2 atom stereocenters. The van der Waals surface area contributed by atoms with E-state index in [4.69, 9.17) is 0 Å². The van der Waals surface area contributed by atoms with Crippen LogP contribution in [-0.4, -0.2) is 0 Å². The first-order valence-electron chi connectivity index (χ1n) is 31.1. The fraction of sp³-hybridized carbons (Fsp3) is 0.106. The van der Waals surface area contributed by atoms with Gasteiger partial charge in [-0.2, -0.15) is 0 Å². The smallest absolute Gasteiger partial charge is 0.0470 e. The molecule has 5 aliphatic carbocycles. The maximum Gasteiger partial charge on any atom is 0.0470 e. The van der Waals surface area contributed by atoms with Crippen LogP contribution in [0.15, 0.2) is 279 Å². The van der Waals surface area contributed by atoms with E-state index in [2.05, 4.69) is 327 Å². The summed E-state index contributed by atoms with van der Waals surface area (Å²) in [6, 6.07) is 105. The van der Waals surface area contributed by atoms with E-state index in [-0.39, 0.29) is 16.2 Å². The van der Waals surface area contributed by atoms with Crippen molar-refractivity contribution < 1.29 is 0 Å². The molecule has 2 nitrogen and oxygen atoms in total. The zero-order valence-electron chi connectivity index (χ0n) is 49.1. The Bertz CT molecular complexity index is 4400. The first kappa shape index (κ1) is 51.2. The van der Waals surface area contributed by atoms with E-state index >= 15 is 0 Å². The van der Waals surface area contributed by atoms with Crippen LogP contribution in [0.5, 0.6) is 0 Å². The topological polar surface area (TPSA) is 6.48 Å². The van der Waals surface area contributed by atoms with Gasteiger partial charge in [0.05, 0.1) is 0 Å². The minimum atomic E-state index is -0.239. The number of fused-ring (bicyclic) bond motifs is 17. The Labute approximate surface area is 511 Å². The van der Waals surface area contributed by atoms with Crippen molar-refractivity contribution in [3.05, 3.63) is 357 Å². The summed E-state index contributed by atoms with van der Waals surface area (Å²) in [5.74, 6) is 0. The molecule has 2 heteroatoms. The summed E-state index contributed by atoms with van der Waals surface area (Å²) >= 11 is 0. The van der Waals surface area contributed by atoms with Gasteiger partial charge in [-0.05, 0) is 222 Å². The van der Waals surface area contributed by atoms with Gasteiger partial charge in [-0.25, -0.2) is 0 Å². The molecular formula is C85H64N2. The molecule has 0 saturated carbocycles. The van der Waals surface area contributed by atoms with Crippen LogP contribution in [0, 0.1) is 0 Å². The second-order valence-electron chi connectivity index (χ2n) is 25.1. The SMILES string of the molecule is CC1(C)c2cc(C=Cc3ccc4c(c3)C3(CCc5ccccc53)c3cc(N(c5ccccc5)c5ccccc5)ccc3-4)ccc2-c2ccc(C=Cc3ccc4c(c3)C3(CCc5ccccc53)c3cc(N(c5ccccc5)c5ccccc5)ccc3-4)cc21. The molecule has 0 aliphatic heterocycles. The quantitative estimate of drug-likeness (QED) is 0.126. The number of hydrogen-bond acceptors (Lipinski definition) is 2. The number of para-hydroxylation sites is 4. The molecule has 0 fully saturated rings. The fourth-order valence-corrected chi connectivity index (χ4v) is 16.2. The van der Waals surface area contributed by atoms with E-state index in [1.165, 1.54) is 123 Å². The molecule has 87 heavy (non-hydrogen) atoms. The Kier molecular flexibility index (Phi) is 11.7. The maximum absolute atomic E-state index is 2.50. The van der Waals surface area contributed by atoms with Crippen molar-refractivity contribution >= 4 is 58.4 Å². The Hall–Kier alpha value is -10.3. The predicted molar refractivity (Wildman–Crippen MR) is 364 cm³/mol. The molecule has 0 amide bonds. The Morgan fingerprint density at radius 2 is 0.529 bits per heavy atom. The van der Waals surface area contributed by atoms with Gasteiger partial charge >= 0.3 is 0 Å². The third-order valence-electron chi connectivity index (χ3n) is 20.2. The highest BCUT2D eigenvalue weighted by Crippen LogP contribution is 2.62. The lowest BCUT2D eigenvalue weighted by atomic mass is 9.73. The average molecular weight is 1110 g/mol. The maximum atomic E-state index is 2.50. The molecule has 2 spiro atoms. The fourth-order valence-electron chi connectivity index (χ4n) is 16.2. The molecule has 0 saturated heterocycles. The molecule has 0 aromatic heterocycles. The van der Waals surface area contributed by atoms with Crippen LogP contribution in [0.2, 0.25) is 0 Å². The van der Waals surface area contributed by atoms with Gasteiger partial charge in [0.25, 0.3) is 0 Å². The summed E-state index contributed by atoms with van der Waals surface area (Å²) in [5, 5.41) is 0. The number of benzene rings is 12. The van der Waals surface area contributed by atoms with Crippen molar-refractivity contribution in [1.29, 1.82) is 0 Å². The summed E-state index contributed by atoms with van der Waals surface area (Å²) in [7, 11) is 0. The second-order valence-corrected chi connectivity index (χ2v) is 25.1. The van der Waals surface area contributed by atoms with E-state index < -0.39 is 0 Å². The predicted octanol–water partition coefficient (Wildman–Crippen LogP) is 21.8. The Morgan fingerprint density at radius 3 is 0.874 bits per heavy atom. The first-order valence-corrected chi connectivity index (χ1v) is 31.1. The standard InChI is InChI=1S/C85H64N2/c1-83(2)77-51-57(31-33-59-37-43-71-73-45-39-67(86(63-21-7-3-8-22-63)64-23-9-4-10-24-64)55-81(73)84(79(71)53-59)49-47-61-19-15-17-29-75(61)84)35-41-69(77)70-42-36-58(52-78(70)83)32-34-60-38-44-72-74-46-40-68(87(65-25-11-5-12-26-65)66-27-13-6-14-28-66)56-82(74)85(80(72)54-60)50-48-62-20-16-18-30-76(62)85/h3-46,51-56H,47-50H2,1-2H3. The average Bonchev–Trinajstić information content (AvgIpc) is 1.58. The van der Waals surface area contributed by atoms with Crippen LogP contribution in [0.1, 0.15) is 105 Å². The Morgan fingerprint density at radius 1 is 0.253 bits per heavy atom. The van der Waals surface area contributed by atoms with Gasteiger partial charge in [-0.1, -0.05) is 232 Å². The molecule has 12 aromatic rings.